The van der Waals surface area contributed by atoms with Gasteiger partial charge < -0.3 is 35.4 Å². The Balaban J connectivity index is 2.35. The van der Waals surface area contributed by atoms with E-state index in [0.29, 0.717) is 18.8 Å². The second-order valence-electron chi connectivity index (χ2n) is 9.64. The van der Waals surface area contributed by atoms with Crippen LogP contribution in [0.5, 0.6) is 0 Å². The zero-order valence-corrected chi connectivity index (χ0v) is 17.2. The molecular formula is C20H36O8. The first-order valence-electron chi connectivity index (χ1n) is 10.0. The molecule has 1 aliphatic carbocycles. The molecule has 2 rings (SSSR count). The monoisotopic (exact) mass is 404 g/mol. The van der Waals surface area contributed by atoms with Crippen molar-refractivity contribution in [2.24, 2.45) is 11.3 Å². The summed E-state index contributed by atoms with van der Waals surface area (Å²) in [6, 6.07) is 0. The topological polar surface area (TPSA) is 148 Å². The molecule has 0 aromatic carbocycles. The molecule has 0 aromatic rings. The molecule has 1 saturated carbocycles. The third-order valence-corrected chi connectivity index (χ3v) is 6.84. The minimum absolute atomic E-state index is 0.0534. The van der Waals surface area contributed by atoms with E-state index in [-0.39, 0.29) is 24.7 Å². The van der Waals surface area contributed by atoms with E-state index in [1.54, 1.807) is 0 Å². The van der Waals surface area contributed by atoms with Gasteiger partial charge in [0.25, 0.3) is 0 Å². The lowest BCUT2D eigenvalue weighted by Gasteiger charge is -2.55. The number of aliphatic hydroxyl groups excluding tert-OH is 5. The highest BCUT2D eigenvalue weighted by atomic mass is 16.6. The van der Waals surface area contributed by atoms with Crippen LogP contribution in [0, 0.1) is 11.3 Å². The summed E-state index contributed by atoms with van der Waals surface area (Å²) >= 11 is 0. The summed E-state index contributed by atoms with van der Waals surface area (Å²) in [6.07, 6.45) is -6.30. The molecule has 6 N–H and O–H groups in total. The van der Waals surface area contributed by atoms with Crippen molar-refractivity contribution in [2.75, 3.05) is 6.61 Å². The molecule has 8 heteroatoms. The predicted octanol–water partition coefficient (Wildman–Crippen LogP) is -0.494. The van der Waals surface area contributed by atoms with Crippen LogP contribution in [-0.4, -0.2) is 84.8 Å². The van der Waals surface area contributed by atoms with Crippen molar-refractivity contribution in [3.8, 4) is 0 Å². The average molecular weight is 405 g/mol. The van der Waals surface area contributed by atoms with E-state index >= 15 is 0 Å². The van der Waals surface area contributed by atoms with E-state index in [2.05, 4.69) is 20.8 Å². The van der Waals surface area contributed by atoms with Crippen LogP contribution in [0.15, 0.2) is 0 Å². The van der Waals surface area contributed by atoms with E-state index in [4.69, 9.17) is 9.84 Å². The van der Waals surface area contributed by atoms with Crippen LogP contribution in [0.4, 0.5) is 0 Å². The maximum Gasteiger partial charge on any atom is 0.164 e. The largest absolute Gasteiger partial charge is 0.394 e. The fourth-order valence-corrected chi connectivity index (χ4v) is 4.80. The third kappa shape index (κ3) is 4.14. The fraction of sp³-hybridized carbons (Fsp3) is 0.950. The number of Topliss-reactive ketones (excluding diaryl/α,β-unsaturated/α-hetero) is 1. The van der Waals surface area contributed by atoms with Crippen LogP contribution in [0.25, 0.3) is 0 Å². The van der Waals surface area contributed by atoms with Crippen LogP contribution in [0.3, 0.4) is 0 Å². The van der Waals surface area contributed by atoms with E-state index in [0.717, 1.165) is 0 Å². The molecule has 28 heavy (non-hydrogen) atoms. The Hall–Kier alpha value is -0.610. The summed E-state index contributed by atoms with van der Waals surface area (Å²) in [5.41, 5.74) is -3.32. The SMILES string of the molecule is CC(=O)[C@@]1(C2(O)CCC(C(C)(C)C)CC2)C[C@H](O)[C@@H](O)C(C(O)C(O)CO)O1. The van der Waals surface area contributed by atoms with E-state index in [1.807, 2.05) is 0 Å². The first-order chi connectivity index (χ1) is 12.8. The molecule has 8 nitrogen and oxygen atoms in total. The maximum atomic E-state index is 12.7. The van der Waals surface area contributed by atoms with Gasteiger partial charge >= 0.3 is 0 Å². The standard InChI is InChI=1S/C20H36O8/c1-11(22)20(19(27)7-5-12(6-8-19)18(2,3)4)9-13(23)15(25)17(28-20)16(26)14(24)10-21/h12-17,21,23-27H,5-10H2,1-4H3/t12?,13-,14?,15+,16?,17?,19?,20+/m0/s1. The Labute approximate surface area is 166 Å². The summed E-state index contributed by atoms with van der Waals surface area (Å²) in [7, 11) is 0. The summed E-state index contributed by atoms with van der Waals surface area (Å²) in [6.45, 7) is 6.85. The Morgan fingerprint density at radius 2 is 1.71 bits per heavy atom. The van der Waals surface area contributed by atoms with E-state index < -0.39 is 54.1 Å². The molecule has 6 atom stereocenters. The number of hydrogen-bond acceptors (Lipinski definition) is 8. The Kier molecular flexibility index (Phi) is 6.98. The van der Waals surface area contributed by atoms with Crippen LogP contribution >= 0.6 is 0 Å². The molecule has 0 spiro atoms. The smallest absolute Gasteiger partial charge is 0.164 e. The Bertz CT molecular complexity index is 551. The van der Waals surface area contributed by atoms with Crippen LogP contribution < -0.4 is 0 Å². The van der Waals surface area contributed by atoms with Crippen LogP contribution in [-0.2, 0) is 9.53 Å². The van der Waals surface area contributed by atoms with Gasteiger partial charge in [0.1, 0.15) is 30.0 Å². The second-order valence-corrected chi connectivity index (χ2v) is 9.64. The molecule has 0 bridgehead atoms. The van der Waals surface area contributed by atoms with Gasteiger partial charge in [-0.3, -0.25) is 4.79 Å². The number of carbonyl (C=O) groups is 1. The predicted molar refractivity (Wildman–Crippen MR) is 100 cm³/mol. The molecule has 3 unspecified atom stereocenters. The summed E-state index contributed by atoms with van der Waals surface area (Å²) in [5.74, 6) is -0.153. The van der Waals surface area contributed by atoms with Crippen molar-refractivity contribution in [1.82, 2.24) is 0 Å². The highest BCUT2D eigenvalue weighted by molar-refractivity contribution is 5.87. The first-order valence-corrected chi connectivity index (χ1v) is 10.0. The number of carbonyl (C=O) groups excluding carboxylic acids is 1. The number of hydrogen-bond donors (Lipinski definition) is 6. The van der Waals surface area contributed by atoms with Crippen LogP contribution in [0.1, 0.15) is 59.8 Å². The lowest BCUT2D eigenvalue weighted by molar-refractivity contribution is -0.292. The molecule has 0 radical (unpaired) electrons. The summed E-state index contributed by atoms with van der Waals surface area (Å²) in [5, 5.41) is 61.3. The molecule has 164 valence electrons. The van der Waals surface area contributed by atoms with Crippen molar-refractivity contribution >= 4 is 5.78 Å². The molecule has 0 amide bonds. The van der Waals surface area contributed by atoms with Crippen molar-refractivity contribution in [3.05, 3.63) is 0 Å². The van der Waals surface area contributed by atoms with Crippen molar-refractivity contribution < 1.29 is 40.2 Å². The Morgan fingerprint density at radius 3 is 2.14 bits per heavy atom. The van der Waals surface area contributed by atoms with E-state index in [1.165, 1.54) is 6.92 Å². The lowest BCUT2D eigenvalue weighted by Crippen LogP contribution is -2.71. The summed E-state index contributed by atoms with van der Waals surface area (Å²) < 4.78 is 5.84. The number of ether oxygens (including phenoxy) is 1. The highest BCUT2D eigenvalue weighted by Crippen LogP contribution is 2.50. The van der Waals surface area contributed by atoms with Gasteiger partial charge in [-0.1, -0.05) is 20.8 Å². The summed E-state index contributed by atoms with van der Waals surface area (Å²) in [4.78, 5) is 12.7. The minimum atomic E-state index is -1.81. The normalized spacial score (nSPS) is 42.1. The first kappa shape index (κ1) is 23.7. The molecule has 0 aromatic heterocycles. The van der Waals surface area contributed by atoms with E-state index in [9.17, 15) is 30.3 Å². The van der Waals surface area contributed by atoms with Gasteiger partial charge in [0, 0.05) is 6.42 Å². The second kappa shape index (κ2) is 8.26. The Morgan fingerprint density at radius 1 is 1.18 bits per heavy atom. The van der Waals surface area contributed by atoms with Gasteiger partial charge in [0.2, 0.25) is 0 Å². The van der Waals surface area contributed by atoms with Crippen molar-refractivity contribution in [2.45, 2.75) is 102 Å². The maximum absolute atomic E-state index is 12.7. The lowest BCUT2D eigenvalue weighted by atomic mass is 9.61. The van der Waals surface area contributed by atoms with Gasteiger partial charge in [0.05, 0.1) is 12.7 Å². The van der Waals surface area contributed by atoms with Gasteiger partial charge in [0.15, 0.2) is 11.4 Å². The van der Waals surface area contributed by atoms with Gasteiger partial charge in [-0.2, -0.15) is 0 Å². The number of aliphatic hydroxyl groups is 6. The average Bonchev–Trinajstić information content (AvgIpc) is 2.61. The molecule has 1 saturated heterocycles. The molecule has 1 heterocycles. The molecule has 2 fully saturated rings. The number of rotatable bonds is 5. The minimum Gasteiger partial charge on any atom is -0.394 e. The zero-order chi connectivity index (χ0) is 21.5. The van der Waals surface area contributed by atoms with Crippen LogP contribution in [0.2, 0.25) is 0 Å². The van der Waals surface area contributed by atoms with Crippen molar-refractivity contribution in [3.63, 3.8) is 0 Å². The molecular weight excluding hydrogens is 368 g/mol. The zero-order valence-electron chi connectivity index (χ0n) is 17.2. The number of ketones is 1. The van der Waals surface area contributed by atoms with Gasteiger partial charge in [-0.15, -0.1) is 0 Å². The fourth-order valence-electron chi connectivity index (χ4n) is 4.80. The molecule has 2 aliphatic rings. The van der Waals surface area contributed by atoms with Gasteiger partial charge in [-0.05, 0) is 43.9 Å². The van der Waals surface area contributed by atoms with Gasteiger partial charge in [-0.25, -0.2) is 0 Å². The highest BCUT2D eigenvalue weighted by Gasteiger charge is 2.62. The molecule has 1 aliphatic heterocycles. The third-order valence-electron chi connectivity index (χ3n) is 6.84. The quantitative estimate of drug-likeness (QED) is 0.360. The van der Waals surface area contributed by atoms with Crippen molar-refractivity contribution in [1.29, 1.82) is 0 Å².